The lowest BCUT2D eigenvalue weighted by molar-refractivity contribution is -0.120. The molecule has 0 saturated carbocycles. The second kappa shape index (κ2) is 10.2. The number of piperazine rings is 1. The number of nitrogens with one attached hydrogen (secondary N) is 1. The Morgan fingerprint density at radius 1 is 0.938 bits per heavy atom. The van der Waals surface area contributed by atoms with Gasteiger partial charge in [-0.15, -0.1) is 0 Å². The van der Waals surface area contributed by atoms with Gasteiger partial charge in [-0.1, -0.05) is 54.6 Å². The van der Waals surface area contributed by atoms with Gasteiger partial charge in [-0.3, -0.25) is 9.69 Å². The Labute approximate surface area is 191 Å². The second-order valence-electron chi connectivity index (χ2n) is 8.96. The normalized spacial score (nSPS) is 16.1. The highest BCUT2D eigenvalue weighted by Crippen LogP contribution is 2.24. The topological polar surface area (TPSA) is 38.8 Å². The van der Waals surface area contributed by atoms with Crippen molar-refractivity contribution in [1.29, 1.82) is 0 Å². The molecule has 1 fully saturated rings. The van der Waals surface area contributed by atoms with Gasteiger partial charge in [-0.25, -0.2) is 0 Å². The van der Waals surface area contributed by atoms with Gasteiger partial charge in [0.15, 0.2) is 0 Å². The Morgan fingerprint density at radius 3 is 2.34 bits per heavy atom. The molecule has 3 aromatic rings. The van der Waals surface area contributed by atoms with Crippen LogP contribution in [0.2, 0.25) is 0 Å². The molecular weight excluding hydrogens is 396 g/mol. The van der Waals surface area contributed by atoms with E-state index in [1.54, 1.807) is 0 Å². The predicted octanol–water partition coefficient (Wildman–Crippen LogP) is 3.55. The maximum atomic E-state index is 12.9. The number of fused-ring (bicyclic) bond motifs is 1. The number of hydrogen-bond donors (Lipinski definition) is 1. The lowest BCUT2D eigenvalue weighted by atomic mass is 10.0. The minimum Gasteiger partial charge on any atom is -0.378 e. The highest BCUT2D eigenvalue weighted by molar-refractivity contribution is 5.90. The predicted molar refractivity (Wildman–Crippen MR) is 133 cm³/mol. The average molecular weight is 431 g/mol. The quantitative estimate of drug-likeness (QED) is 0.622. The van der Waals surface area contributed by atoms with Crippen LogP contribution in [0, 0.1) is 0 Å². The van der Waals surface area contributed by atoms with Crippen LogP contribution < -0.4 is 10.2 Å². The van der Waals surface area contributed by atoms with Crippen LogP contribution in [0.4, 0.5) is 5.69 Å². The van der Waals surface area contributed by atoms with Crippen LogP contribution in [-0.4, -0.2) is 69.6 Å². The van der Waals surface area contributed by atoms with Crippen molar-refractivity contribution in [1.82, 2.24) is 15.1 Å². The lowest BCUT2D eigenvalue weighted by Crippen LogP contribution is -2.48. The van der Waals surface area contributed by atoms with E-state index >= 15 is 0 Å². The number of nitrogens with zero attached hydrogens (tertiary/aromatic N) is 3. The first kappa shape index (κ1) is 22.3. The van der Waals surface area contributed by atoms with Gasteiger partial charge in [0.25, 0.3) is 0 Å². The van der Waals surface area contributed by atoms with Crippen molar-refractivity contribution in [2.75, 3.05) is 58.8 Å². The molecule has 5 nitrogen and oxygen atoms in total. The molecule has 168 valence electrons. The molecule has 0 aromatic heterocycles. The van der Waals surface area contributed by atoms with E-state index in [9.17, 15) is 4.79 Å². The number of benzene rings is 3. The summed E-state index contributed by atoms with van der Waals surface area (Å²) in [5, 5.41) is 5.56. The molecule has 1 N–H and O–H groups in total. The van der Waals surface area contributed by atoms with E-state index in [2.05, 4.69) is 89.7 Å². The van der Waals surface area contributed by atoms with Crippen molar-refractivity contribution in [3.63, 3.8) is 0 Å². The first-order valence-corrected chi connectivity index (χ1v) is 11.4. The van der Waals surface area contributed by atoms with Gasteiger partial charge < -0.3 is 15.1 Å². The van der Waals surface area contributed by atoms with Crippen molar-refractivity contribution in [2.24, 2.45) is 0 Å². The first-order chi connectivity index (χ1) is 15.5. The van der Waals surface area contributed by atoms with Crippen LogP contribution >= 0.6 is 0 Å². The molecule has 1 aliphatic heterocycles. The first-order valence-electron chi connectivity index (χ1n) is 11.4. The molecular formula is C27H34N4O. The third kappa shape index (κ3) is 5.29. The molecule has 0 unspecified atom stereocenters. The van der Waals surface area contributed by atoms with Crippen LogP contribution in [0.15, 0.2) is 66.7 Å². The zero-order valence-electron chi connectivity index (χ0n) is 19.4. The largest absolute Gasteiger partial charge is 0.378 e. The van der Waals surface area contributed by atoms with Gasteiger partial charge >= 0.3 is 0 Å². The molecule has 0 aliphatic carbocycles. The summed E-state index contributed by atoms with van der Waals surface area (Å²) >= 11 is 0. The van der Waals surface area contributed by atoms with Gasteiger partial charge in [0.05, 0.1) is 12.5 Å². The number of amides is 1. The van der Waals surface area contributed by atoms with E-state index in [4.69, 9.17) is 0 Å². The molecule has 1 saturated heterocycles. The molecule has 1 amide bonds. The zero-order valence-corrected chi connectivity index (χ0v) is 19.4. The van der Waals surface area contributed by atoms with Crippen LogP contribution in [0.25, 0.3) is 10.8 Å². The van der Waals surface area contributed by atoms with Gasteiger partial charge in [0.1, 0.15) is 0 Å². The summed E-state index contributed by atoms with van der Waals surface area (Å²) < 4.78 is 0. The van der Waals surface area contributed by atoms with Gasteiger partial charge in [0, 0.05) is 52.5 Å². The molecule has 4 rings (SSSR count). The van der Waals surface area contributed by atoms with E-state index in [1.165, 1.54) is 16.6 Å². The number of anilines is 1. The smallest absolute Gasteiger partial charge is 0.224 e. The monoisotopic (exact) mass is 430 g/mol. The minimum absolute atomic E-state index is 0.0744. The molecule has 1 aliphatic rings. The number of carbonyl (C=O) groups is 1. The van der Waals surface area contributed by atoms with E-state index in [0.29, 0.717) is 13.0 Å². The summed E-state index contributed by atoms with van der Waals surface area (Å²) in [6.45, 7) is 4.74. The van der Waals surface area contributed by atoms with Crippen molar-refractivity contribution in [2.45, 2.75) is 12.5 Å². The number of rotatable bonds is 7. The second-order valence-corrected chi connectivity index (χ2v) is 8.96. The molecule has 0 spiro atoms. The maximum absolute atomic E-state index is 12.9. The van der Waals surface area contributed by atoms with E-state index in [1.807, 2.05) is 18.2 Å². The van der Waals surface area contributed by atoms with Gasteiger partial charge in [-0.05, 0) is 41.1 Å². The molecule has 5 heteroatoms. The lowest BCUT2D eigenvalue weighted by Gasteiger charge is -2.38. The summed E-state index contributed by atoms with van der Waals surface area (Å²) in [5.74, 6) is 0.0744. The summed E-state index contributed by atoms with van der Waals surface area (Å²) in [6, 6.07) is 23.4. The third-order valence-corrected chi connectivity index (χ3v) is 6.50. The van der Waals surface area contributed by atoms with Crippen LogP contribution in [0.1, 0.15) is 17.2 Å². The fraction of sp³-hybridized carbons (Fsp3) is 0.370. The number of hydrogen-bond acceptors (Lipinski definition) is 4. The van der Waals surface area contributed by atoms with Crippen LogP contribution in [-0.2, 0) is 11.2 Å². The van der Waals surface area contributed by atoms with Crippen LogP contribution in [0.3, 0.4) is 0 Å². The van der Waals surface area contributed by atoms with Crippen molar-refractivity contribution < 1.29 is 4.79 Å². The maximum Gasteiger partial charge on any atom is 0.224 e. The Bertz CT molecular complexity index is 1030. The average Bonchev–Trinajstić information content (AvgIpc) is 2.81. The van der Waals surface area contributed by atoms with E-state index < -0.39 is 0 Å². The Hall–Kier alpha value is -2.89. The minimum atomic E-state index is 0.0744. The Balaban J connectivity index is 1.47. The van der Waals surface area contributed by atoms with E-state index in [0.717, 1.165) is 37.1 Å². The van der Waals surface area contributed by atoms with E-state index in [-0.39, 0.29) is 11.9 Å². The number of likely N-dealkylation sites (N-methyl/N-ethyl adjacent to an activating group) is 1. The summed E-state index contributed by atoms with van der Waals surface area (Å²) in [5.41, 5.74) is 3.52. The molecule has 0 bridgehead atoms. The number of carbonyl (C=O) groups excluding carboxylic acids is 1. The summed E-state index contributed by atoms with van der Waals surface area (Å²) in [4.78, 5) is 19.9. The Morgan fingerprint density at radius 2 is 1.62 bits per heavy atom. The molecule has 1 heterocycles. The molecule has 3 aromatic carbocycles. The molecule has 0 radical (unpaired) electrons. The fourth-order valence-electron chi connectivity index (χ4n) is 4.48. The van der Waals surface area contributed by atoms with Gasteiger partial charge in [-0.2, -0.15) is 0 Å². The Kier molecular flexibility index (Phi) is 7.08. The van der Waals surface area contributed by atoms with Gasteiger partial charge in [0.2, 0.25) is 5.91 Å². The third-order valence-electron chi connectivity index (χ3n) is 6.50. The SMILES string of the molecule is CN1CCN([C@H](CNC(=O)Cc2cccc3ccccc23)c2ccc(N(C)C)cc2)CC1. The van der Waals surface area contributed by atoms with Crippen molar-refractivity contribution in [3.05, 3.63) is 77.9 Å². The zero-order chi connectivity index (χ0) is 22.5. The summed E-state index contributed by atoms with van der Waals surface area (Å²) in [6.07, 6.45) is 0.399. The molecule has 32 heavy (non-hydrogen) atoms. The van der Waals surface area contributed by atoms with Crippen molar-refractivity contribution in [3.8, 4) is 0 Å². The highest BCUT2D eigenvalue weighted by atomic mass is 16.1. The highest BCUT2D eigenvalue weighted by Gasteiger charge is 2.24. The molecule has 1 atom stereocenters. The fourth-order valence-corrected chi connectivity index (χ4v) is 4.48. The standard InChI is InChI=1S/C27H34N4O/c1-29(2)24-13-11-22(12-14-24)26(31-17-15-30(3)16-18-31)20-28-27(32)19-23-9-6-8-21-7-4-5-10-25(21)23/h4-14,26H,15-20H2,1-3H3,(H,28,32)/t26-/m1/s1. The van der Waals surface area contributed by atoms with Crippen molar-refractivity contribution >= 4 is 22.4 Å². The summed E-state index contributed by atoms with van der Waals surface area (Å²) in [7, 11) is 6.28. The van der Waals surface area contributed by atoms with Crippen LogP contribution in [0.5, 0.6) is 0 Å².